The summed E-state index contributed by atoms with van der Waals surface area (Å²) in [6, 6.07) is 0.399. The first-order valence-corrected chi connectivity index (χ1v) is 7.95. The molecule has 0 aromatic carbocycles. The second-order valence-electron chi connectivity index (χ2n) is 7.14. The summed E-state index contributed by atoms with van der Waals surface area (Å²) in [7, 11) is 0. The van der Waals surface area contributed by atoms with Gasteiger partial charge in [-0.05, 0) is 68.6 Å². The van der Waals surface area contributed by atoms with E-state index in [1.54, 1.807) is 0 Å². The molecule has 0 aliphatic heterocycles. The molecule has 3 heteroatoms. The molecule has 6 unspecified atom stereocenters. The van der Waals surface area contributed by atoms with Crippen LogP contribution in [0, 0.1) is 29.6 Å². The van der Waals surface area contributed by atoms with Gasteiger partial charge in [-0.1, -0.05) is 13.8 Å². The lowest BCUT2D eigenvalue weighted by Crippen LogP contribution is -2.36. The number of hydrogen-bond acceptors (Lipinski definition) is 2. The average molecular weight is 267 g/mol. The zero-order valence-corrected chi connectivity index (χ0v) is 12.3. The van der Waals surface area contributed by atoms with Crippen molar-refractivity contribution in [2.45, 2.75) is 64.8 Å². The van der Waals surface area contributed by atoms with Crippen molar-refractivity contribution >= 4 is 5.97 Å². The number of aliphatic carboxylic acids is 1. The fourth-order valence-electron chi connectivity index (χ4n) is 4.21. The van der Waals surface area contributed by atoms with Gasteiger partial charge in [0.15, 0.2) is 0 Å². The summed E-state index contributed by atoms with van der Waals surface area (Å²) in [5.74, 6) is 2.10. The van der Waals surface area contributed by atoms with E-state index in [1.165, 1.54) is 25.7 Å². The third kappa shape index (κ3) is 3.71. The molecule has 0 aromatic heterocycles. The first kappa shape index (κ1) is 14.8. The van der Waals surface area contributed by atoms with Gasteiger partial charge >= 0.3 is 5.97 Å². The van der Waals surface area contributed by atoms with Gasteiger partial charge in [0, 0.05) is 6.04 Å². The Morgan fingerprint density at radius 1 is 1.11 bits per heavy atom. The van der Waals surface area contributed by atoms with Crippen LogP contribution < -0.4 is 5.73 Å². The predicted octanol–water partition coefficient (Wildman–Crippen LogP) is 3.28. The van der Waals surface area contributed by atoms with E-state index >= 15 is 0 Å². The Hall–Kier alpha value is -0.570. The number of carboxylic acid groups (broad SMARTS) is 1. The van der Waals surface area contributed by atoms with Gasteiger partial charge in [-0.25, -0.2) is 0 Å². The molecule has 0 spiro atoms. The van der Waals surface area contributed by atoms with Crippen LogP contribution in [0.5, 0.6) is 0 Å². The predicted molar refractivity (Wildman–Crippen MR) is 76.7 cm³/mol. The summed E-state index contributed by atoms with van der Waals surface area (Å²) in [5, 5.41) is 9.11. The Labute approximate surface area is 116 Å². The zero-order chi connectivity index (χ0) is 14.0. The first-order chi connectivity index (χ1) is 8.97. The average Bonchev–Trinajstić information content (AvgIpc) is 2.36. The van der Waals surface area contributed by atoms with E-state index in [1.807, 2.05) is 0 Å². The van der Waals surface area contributed by atoms with Gasteiger partial charge in [-0.3, -0.25) is 4.79 Å². The van der Waals surface area contributed by atoms with Crippen molar-refractivity contribution in [1.29, 1.82) is 0 Å². The molecule has 0 heterocycles. The third-order valence-electron chi connectivity index (χ3n) is 5.68. The number of nitrogens with two attached hydrogens (primary N) is 1. The maximum Gasteiger partial charge on any atom is 0.306 e. The van der Waals surface area contributed by atoms with Crippen molar-refractivity contribution in [3.8, 4) is 0 Å². The van der Waals surface area contributed by atoms with Gasteiger partial charge in [0.25, 0.3) is 0 Å². The number of rotatable bonds is 3. The van der Waals surface area contributed by atoms with Crippen LogP contribution in [0.2, 0.25) is 0 Å². The van der Waals surface area contributed by atoms with Crippen molar-refractivity contribution in [1.82, 2.24) is 0 Å². The summed E-state index contributed by atoms with van der Waals surface area (Å²) in [4.78, 5) is 11.1. The van der Waals surface area contributed by atoms with Crippen LogP contribution in [-0.4, -0.2) is 17.1 Å². The fraction of sp³-hybridized carbons (Fsp3) is 0.938. The number of carbonyl (C=O) groups is 1. The summed E-state index contributed by atoms with van der Waals surface area (Å²) in [6.07, 6.45) is 7.88. The summed E-state index contributed by atoms with van der Waals surface area (Å²) < 4.78 is 0. The van der Waals surface area contributed by atoms with E-state index in [2.05, 4.69) is 13.8 Å². The minimum absolute atomic E-state index is 0.0926. The molecule has 0 aromatic rings. The molecular formula is C16H29NO2. The highest BCUT2D eigenvalue weighted by Gasteiger charge is 2.34. The monoisotopic (exact) mass is 267 g/mol. The first-order valence-electron chi connectivity index (χ1n) is 7.95. The maximum absolute atomic E-state index is 11.1. The van der Waals surface area contributed by atoms with Crippen LogP contribution in [0.1, 0.15) is 58.8 Å². The molecule has 110 valence electrons. The van der Waals surface area contributed by atoms with Crippen LogP contribution in [0.3, 0.4) is 0 Å². The molecule has 6 atom stereocenters. The molecule has 2 aliphatic carbocycles. The van der Waals surface area contributed by atoms with Gasteiger partial charge < -0.3 is 10.8 Å². The van der Waals surface area contributed by atoms with Gasteiger partial charge in [0.1, 0.15) is 0 Å². The molecule has 2 aliphatic rings. The normalized spacial score (nSPS) is 43.9. The van der Waals surface area contributed by atoms with E-state index in [9.17, 15) is 4.79 Å². The molecule has 3 N–H and O–H groups in total. The highest BCUT2D eigenvalue weighted by Crippen LogP contribution is 2.41. The molecular weight excluding hydrogens is 238 g/mol. The minimum atomic E-state index is -0.595. The van der Waals surface area contributed by atoms with Crippen LogP contribution >= 0.6 is 0 Å². The van der Waals surface area contributed by atoms with Crippen molar-refractivity contribution < 1.29 is 9.90 Å². The maximum atomic E-state index is 11.1. The van der Waals surface area contributed by atoms with Crippen molar-refractivity contribution in [3.63, 3.8) is 0 Å². The molecule has 0 saturated heterocycles. The smallest absolute Gasteiger partial charge is 0.306 e. The van der Waals surface area contributed by atoms with Crippen LogP contribution in [0.4, 0.5) is 0 Å². The quantitative estimate of drug-likeness (QED) is 0.825. The summed E-state index contributed by atoms with van der Waals surface area (Å²) >= 11 is 0. The zero-order valence-electron chi connectivity index (χ0n) is 12.3. The molecule has 2 rings (SSSR count). The summed E-state index contributed by atoms with van der Waals surface area (Å²) in [5.41, 5.74) is 6.09. The largest absolute Gasteiger partial charge is 0.481 e. The van der Waals surface area contributed by atoms with Gasteiger partial charge in [-0.2, -0.15) is 0 Å². The van der Waals surface area contributed by atoms with Crippen LogP contribution in [0.25, 0.3) is 0 Å². The van der Waals surface area contributed by atoms with E-state index in [0.29, 0.717) is 17.9 Å². The van der Waals surface area contributed by atoms with Gasteiger partial charge in [-0.15, -0.1) is 0 Å². The van der Waals surface area contributed by atoms with E-state index in [0.717, 1.165) is 31.1 Å². The lowest BCUT2D eigenvalue weighted by atomic mass is 9.68. The topological polar surface area (TPSA) is 63.3 Å². The molecule has 2 fully saturated rings. The van der Waals surface area contributed by atoms with Crippen LogP contribution in [0.15, 0.2) is 0 Å². The Morgan fingerprint density at radius 3 is 2.42 bits per heavy atom. The standard InChI is InChI=1S/C16H29NO2/c1-10-8-14(16(18)19)5-4-13(10)9-12-3-6-15(17)11(2)7-12/h10-15H,3-9,17H2,1-2H3,(H,18,19). The number of hydrogen-bond donors (Lipinski definition) is 2. The van der Waals surface area contributed by atoms with Crippen molar-refractivity contribution in [2.75, 3.05) is 0 Å². The lowest BCUT2D eigenvalue weighted by Gasteiger charge is -2.38. The molecule has 3 nitrogen and oxygen atoms in total. The third-order valence-corrected chi connectivity index (χ3v) is 5.68. The van der Waals surface area contributed by atoms with Crippen molar-refractivity contribution in [2.24, 2.45) is 35.3 Å². The van der Waals surface area contributed by atoms with Gasteiger partial charge in [0.2, 0.25) is 0 Å². The Bertz CT molecular complexity index is 318. The van der Waals surface area contributed by atoms with Crippen LogP contribution in [-0.2, 0) is 4.79 Å². The second kappa shape index (κ2) is 6.25. The highest BCUT2D eigenvalue weighted by molar-refractivity contribution is 5.70. The van der Waals surface area contributed by atoms with E-state index in [-0.39, 0.29) is 5.92 Å². The van der Waals surface area contributed by atoms with Gasteiger partial charge in [0.05, 0.1) is 5.92 Å². The van der Waals surface area contributed by atoms with E-state index in [4.69, 9.17) is 10.8 Å². The number of carboxylic acids is 1. The van der Waals surface area contributed by atoms with Crippen molar-refractivity contribution in [3.05, 3.63) is 0 Å². The SMILES string of the molecule is CC1CC(CC2CCC(C(=O)O)CC2C)CCC1N. The molecule has 0 bridgehead atoms. The Balaban J connectivity index is 1.82. The lowest BCUT2D eigenvalue weighted by molar-refractivity contribution is -0.143. The van der Waals surface area contributed by atoms with E-state index < -0.39 is 5.97 Å². The minimum Gasteiger partial charge on any atom is -0.481 e. The second-order valence-corrected chi connectivity index (χ2v) is 7.14. The molecule has 2 saturated carbocycles. The summed E-state index contributed by atoms with van der Waals surface area (Å²) in [6.45, 7) is 4.53. The highest BCUT2D eigenvalue weighted by atomic mass is 16.4. The molecule has 0 radical (unpaired) electrons. The Morgan fingerprint density at radius 2 is 1.84 bits per heavy atom. The fourth-order valence-corrected chi connectivity index (χ4v) is 4.21. The Kier molecular flexibility index (Phi) is 4.88. The molecule has 19 heavy (non-hydrogen) atoms. The molecule has 0 amide bonds.